The summed E-state index contributed by atoms with van der Waals surface area (Å²) in [6, 6.07) is 1.61. The summed E-state index contributed by atoms with van der Waals surface area (Å²) in [7, 11) is 0. The first kappa shape index (κ1) is 11.9. The lowest BCUT2D eigenvalue weighted by molar-refractivity contribution is 0.164. The maximum Gasteiger partial charge on any atom is 0.0885 e. The third kappa shape index (κ3) is 3.22. The molecule has 2 fully saturated rings. The maximum atomic E-state index is 5.11. The van der Waals surface area contributed by atoms with Crippen molar-refractivity contribution >= 4 is 0 Å². The first-order valence-corrected chi connectivity index (χ1v) is 6.60. The Morgan fingerprint density at radius 1 is 1.38 bits per heavy atom. The smallest absolute Gasteiger partial charge is 0.0885 e. The molecular formula is C13H24N2O. The van der Waals surface area contributed by atoms with Crippen molar-refractivity contribution in [3.63, 3.8) is 0 Å². The van der Waals surface area contributed by atoms with E-state index in [-0.39, 0.29) is 0 Å². The van der Waals surface area contributed by atoms with Crippen molar-refractivity contribution in [2.45, 2.75) is 44.2 Å². The Hall–Kier alpha value is -0.540. The van der Waals surface area contributed by atoms with E-state index in [1.54, 1.807) is 0 Å². The summed E-state index contributed by atoms with van der Waals surface area (Å²) in [5.74, 6) is 0. The molecule has 3 heteroatoms. The first-order valence-electron chi connectivity index (χ1n) is 6.60. The molecule has 2 heterocycles. The summed E-state index contributed by atoms with van der Waals surface area (Å²) in [6.07, 6.45) is 8.09. The average molecular weight is 224 g/mol. The van der Waals surface area contributed by atoms with Crippen LogP contribution in [0.25, 0.3) is 0 Å². The number of hydrogen-bond donors (Lipinski definition) is 1. The van der Waals surface area contributed by atoms with Crippen molar-refractivity contribution in [3.05, 3.63) is 12.8 Å². The van der Waals surface area contributed by atoms with Gasteiger partial charge >= 0.3 is 0 Å². The molecule has 0 aromatic heterocycles. The third-order valence-electron chi connectivity index (χ3n) is 3.81. The monoisotopic (exact) mass is 224 g/mol. The molecule has 0 aliphatic carbocycles. The fourth-order valence-corrected chi connectivity index (χ4v) is 2.95. The first-order chi connectivity index (χ1) is 7.90. The van der Waals surface area contributed by atoms with Gasteiger partial charge in [0.05, 0.1) is 12.9 Å². The van der Waals surface area contributed by atoms with Crippen LogP contribution < -0.4 is 5.32 Å². The predicted molar refractivity (Wildman–Crippen MR) is 66.4 cm³/mol. The van der Waals surface area contributed by atoms with Crippen LogP contribution in [0.15, 0.2) is 12.8 Å². The highest BCUT2D eigenvalue weighted by molar-refractivity contribution is 4.89. The molecule has 3 nitrogen and oxygen atoms in total. The van der Waals surface area contributed by atoms with Gasteiger partial charge in [-0.3, -0.25) is 0 Å². The zero-order valence-electron chi connectivity index (χ0n) is 10.2. The molecule has 92 valence electrons. The van der Waals surface area contributed by atoms with E-state index in [0.29, 0.717) is 0 Å². The van der Waals surface area contributed by atoms with Crippen molar-refractivity contribution in [2.24, 2.45) is 0 Å². The Kier molecular flexibility index (Phi) is 4.67. The average Bonchev–Trinajstić information content (AvgIpc) is 2.76. The van der Waals surface area contributed by atoms with Crippen LogP contribution >= 0.6 is 0 Å². The van der Waals surface area contributed by atoms with E-state index < -0.39 is 0 Å². The number of nitrogens with zero attached hydrogens (tertiary/aromatic N) is 1. The molecule has 2 aliphatic heterocycles. The molecule has 1 N–H and O–H groups in total. The zero-order valence-corrected chi connectivity index (χ0v) is 10.2. The minimum atomic E-state index is 0.739. The van der Waals surface area contributed by atoms with Crippen LogP contribution in [-0.2, 0) is 4.74 Å². The van der Waals surface area contributed by atoms with Gasteiger partial charge in [-0.25, -0.2) is 0 Å². The third-order valence-corrected chi connectivity index (χ3v) is 3.81. The van der Waals surface area contributed by atoms with E-state index in [9.17, 15) is 0 Å². The fourth-order valence-electron chi connectivity index (χ4n) is 2.95. The molecule has 16 heavy (non-hydrogen) atoms. The van der Waals surface area contributed by atoms with Crippen molar-refractivity contribution < 1.29 is 4.74 Å². The summed E-state index contributed by atoms with van der Waals surface area (Å²) in [4.78, 5) is 2.67. The van der Waals surface area contributed by atoms with E-state index in [1.165, 1.54) is 45.0 Å². The van der Waals surface area contributed by atoms with E-state index >= 15 is 0 Å². The predicted octanol–water partition coefficient (Wildman–Crippen LogP) is 1.75. The second-order valence-electron chi connectivity index (χ2n) is 4.90. The molecule has 0 bridgehead atoms. The van der Waals surface area contributed by atoms with Gasteiger partial charge in [0.1, 0.15) is 0 Å². The van der Waals surface area contributed by atoms with Gasteiger partial charge in [-0.2, -0.15) is 0 Å². The van der Waals surface area contributed by atoms with E-state index in [0.717, 1.165) is 31.7 Å². The lowest BCUT2D eigenvalue weighted by Crippen LogP contribution is -2.45. The van der Waals surface area contributed by atoms with Gasteiger partial charge in [-0.15, -0.1) is 0 Å². The number of hydrogen-bond acceptors (Lipinski definition) is 3. The highest BCUT2D eigenvalue weighted by Gasteiger charge is 2.31. The van der Waals surface area contributed by atoms with Crippen LogP contribution in [0.4, 0.5) is 0 Å². The standard InChI is InChI=1S/C13H24N2O/c1-2-16-10-4-7-14-12-6-9-15-8-3-5-13(15)11-12/h2,12-14H,1,3-11H2. The van der Waals surface area contributed by atoms with Gasteiger partial charge in [-0.05, 0) is 51.7 Å². The van der Waals surface area contributed by atoms with Crippen LogP contribution in [0.1, 0.15) is 32.1 Å². The number of rotatable bonds is 6. The fraction of sp³-hybridized carbons (Fsp3) is 0.846. The quantitative estimate of drug-likeness (QED) is 0.549. The molecule has 0 aromatic rings. The van der Waals surface area contributed by atoms with Crippen molar-refractivity contribution in [1.29, 1.82) is 0 Å². The Morgan fingerprint density at radius 2 is 2.31 bits per heavy atom. The number of nitrogens with one attached hydrogen (secondary N) is 1. The molecule has 2 aliphatic rings. The van der Waals surface area contributed by atoms with Crippen LogP contribution in [0, 0.1) is 0 Å². The van der Waals surface area contributed by atoms with Crippen LogP contribution in [-0.4, -0.2) is 43.2 Å². The Bertz CT molecular complexity index is 220. The highest BCUT2D eigenvalue weighted by Crippen LogP contribution is 2.26. The van der Waals surface area contributed by atoms with Crippen LogP contribution in [0.2, 0.25) is 0 Å². The summed E-state index contributed by atoms with van der Waals surface area (Å²) < 4.78 is 5.11. The summed E-state index contributed by atoms with van der Waals surface area (Å²) in [6.45, 7) is 8.04. The van der Waals surface area contributed by atoms with Gasteiger partial charge in [-0.1, -0.05) is 6.58 Å². The van der Waals surface area contributed by atoms with Gasteiger partial charge in [0.15, 0.2) is 0 Å². The Labute approximate surface area is 98.8 Å². The zero-order chi connectivity index (χ0) is 11.2. The lowest BCUT2D eigenvalue weighted by atomic mass is 9.97. The van der Waals surface area contributed by atoms with Crippen LogP contribution in [0.3, 0.4) is 0 Å². The molecule has 0 spiro atoms. The topological polar surface area (TPSA) is 24.5 Å². The molecular weight excluding hydrogens is 200 g/mol. The summed E-state index contributed by atoms with van der Waals surface area (Å²) in [5, 5.41) is 3.65. The van der Waals surface area contributed by atoms with Gasteiger partial charge < -0.3 is 15.0 Å². The Balaban J connectivity index is 1.58. The van der Waals surface area contributed by atoms with Gasteiger partial charge in [0.2, 0.25) is 0 Å². The minimum absolute atomic E-state index is 0.739. The lowest BCUT2D eigenvalue weighted by Gasteiger charge is -2.35. The van der Waals surface area contributed by atoms with Gasteiger partial charge in [0, 0.05) is 12.1 Å². The normalized spacial score (nSPS) is 30.0. The molecule has 0 radical (unpaired) electrons. The van der Waals surface area contributed by atoms with E-state index in [2.05, 4.69) is 16.8 Å². The highest BCUT2D eigenvalue weighted by atomic mass is 16.5. The van der Waals surface area contributed by atoms with E-state index in [4.69, 9.17) is 4.74 Å². The number of fused-ring (bicyclic) bond motifs is 1. The second-order valence-corrected chi connectivity index (χ2v) is 4.90. The SMILES string of the molecule is C=COCCCNC1CCN2CCCC2C1. The summed E-state index contributed by atoms with van der Waals surface area (Å²) in [5.41, 5.74) is 0. The summed E-state index contributed by atoms with van der Waals surface area (Å²) >= 11 is 0. The number of piperidine rings is 1. The van der Waals surface area contributed by atoms with E-state index in [1.807, 2.05) is 0 Å². The molecule has 0 aromatic carbocycles. The van der Waals surface area contributed by atoms with Crippen molar-refractivity contribution in [2.75, 3.05) is 26.2 Å². The second kappa shape index (κ2) is 6.26. The largest absolute Gasteiger partial charge is 0.502 e. The van der Waals surface area contributed by atoms with Crippen molar-refractivity contribution in [1.82, 2.24) is 10.2 Å². The molecule has 2 saturated heterocycles. The van der Waals surface area contributed by atoms with Crippen LogP contribution in [0.5, 0.6) is 0 Å². The molecule has 2 atom stereocenters. The maximum absolute atomic E-state index is 5.11. The van der Waals surface area contributed by atoms with Gasteiger partial charge in [0.25, 0.3) is 0 Å². The van der Waals surface area contributed by atoms with Crippen molar-refractivity contribution in [3.8, 4) is 0 Å². The molecule has 0 saturated carbocycles. The minimum Gasteiger partial charge on any atom is -0.502 e. The molecule has 2 unspecified atom stereocenters. The Morgan fingerprint density at radius 3 is 3.19 bits per heavy atom. The number of ether oxygens (including phenoxy) is 1. The molecule has 0 amide bonds. The molecule has 2 rings (SSSR count).